The van der Waals surface area contributed by atoms with Gasteiger partial charge in [0.25, 0.3) is 0 Å². The summed E-state index contributed by atoms with van der Waals surface area (Å²) < 4.78 is 0. The summed E-state index contributed by atoms with van der Waals surface area (Å²) in [6, 6.07) is 0. The number of ketones is 1. The third kappa shape index (κ3) is 12.9. The number of rotatable bonds is 16. The van der Waals surface area contributed by atoms with Crippen molar-refractivity contribution >= 4 is 5.78 Å². The Morgan fingerprint density at radius 3 is 2.12 bits per heavy atom. The van der Waals surface area contributed by atoms with Gasteiger partial charge in [0.2, 0.25) is 0 Å². The Hall–Kier alpha value is -1.37. The van der Waals surface area contributed by atoms with Crippen molar-refractivity contribution < 1.29 is 4.79 Å². The number of allylic oxidation sites excluding steroid dienone is 8. The minimum Gasteiger partial charge on any atom is -0.295 e. The van der Waals surface area contributed by atoms with Crippen LogP contribution in [0.5, 0.6) is 0 Å². The van der Waals surface area contributed by atoms with E-state index in [1.54, 1.807) is 0 Å². The number of carbonyl (C=O) groups is 1. The molecule has 1 rings (SSSR count). The fourth-order valence-electron chi connectivity index (χ4n) is 3.30. The highest BCUT2D eigenvalue weighted by atomic mass is 16.1. The van der Waals surface area contributed by atoms with Crippen LogP contribution >= 0.6 is 0 Å². The Balaban J connectivity index is 1.86. The maximum Gasteiger partial charge on any atom is 0.159 e. The van der Waals surface area contributed by atoms with Crippen molar-refractivity contribution in [2.45, 2.75) is 103 Å². The zero-order valence-corrected chi connectivity index (χ0v) is 17.1. The van der Waals surface area contributed by atoms with Gasteiger partial charge >= 0.3 is 0 Å². The molecule has 0 unspecified atom stereocenters. The van der Waals surface area contributed by atoms with Crippen LogP contribution in [0.1, 0.15) is 103 Å². The summed E-state index contributed by atoms with van der Waals surface area (Å²) >= 11 is 0. The second-order valence-electron chi connectivity index (χ2n) is 7.47. The summed E-state index contributed by atoms with van der Waals surface area (Å²) in [7, 11) is 0. The van der Waals surface area contributed by atoms with Gasteiger partial charge in [0.1, 0.15) is 0 Å². The van der Waals surface area contributed by atoms with Crippen LogP contribution in [0.3, 0.4) is 0 Å². The molecular weight excluding hydrogens is 316 g/mol. The lowest BCUT2D eigenvalue weighted by molar-refractivity contribution is -0.115. The van der Waals surface area contributed by atoms with Gasteiger partial charge < -0.3 is 0 Å². The molecule has 0 radical (unpaired) electrons. The molecule has 146 valence electrons. The van der Waals surface area contributed by atoms with Crippen LogP contribution in [0, 0.1) is 0 Å². The average molecular weight is 357 g/mol. The number of hydrogen-bond donors (Lipinski definition) is 0. The Kier molecular flexibility index (Phi) is 14.9. The molecule has 0 atom stereocenters. The van der Waals surface area contributed by atoms with Gasteiger partial charge in [-0.05, 0) is 44.1 Å². The molecule has 0 amide bonds. The minimum atomic E-state index is 0.332. The van der Waals surface area contributed by atoms with Crippen molar-refractivity contribution in [1.82, 2.24) is 0 Å². The Labute approximate surface area is 162 Å². The molecule has 0 N–H and O–H groups in total. The van der Waals surface area contributed by atoms with Gasteiger partial charge in [-0.2, -0.15) is 0 Å². The quantitative estimate of drug-likeness (QED) is 0.202. The second kappa shape index (κ2) is 17.1. The van der Waals surface area contributed by atoms with Gasteiger partial charge in [-0.3, -0.25) is 4.79 Å². The van der Waals surface area contributed by atoms with Gasteiger partial charge in [0.15, 0.2) is 5.78 Å². The summed E-state index contributed by atoms with van der Waals surface area (Å²) in [4.78, 5) is 12.1. The zero-order valence-electron chi connectivity index (χ0n) is 17.1. The predicted molar refractivity (Wildman–Crippen MR) is 115 cm³/mol. The summed E-state index contributed by atoms with van der Waals surface area (Å²) in [6.45, 7) is 2.27. The van der Waals surface area contributed by atoms with E-state index in [0.29, 0.717) is 12.2 Å². The molecule has 1 aliphatic carbocycles. The van der Waals surface area contributed by atoms with Crippen molar-refractivity contribution in [2.75, 3.05) is 0 Å². The lowest BCUT2D eigenvalue weighted by atomic mass is 10.0. The molecule has 0 heterocycles. The lowest BCUT2D eigenvalue weighted by Gasteiger charge is -2.03. The topological polar surface area (TPSA) is 17.1 Å². The van der Waals surface area contributed by atoms with E-state index in [9.17, 15) is 4.79 Å². The van der Waals surface area contributed by atoms with Gasteiger partial charge in [0.05, 0.1) is 0 Å². The third-order valence-corrected chi connectivity index (χ3v) is 5.02. The fraction of sp³-hybridized carbons (Fsp3) is 0.640. The molecule has 26 heavy (non-hydrogen) atoms. The SMILES string of the molecule is CCCCCCCC/C=C\CCCCCCCC(=O)C1=CC=CC=CC1. The predicted octanol–water partition coefficient (Wildman–Crippen LogP) is 8.04. The summed E-state index contributed by atoms with van der Waals surface area (Å²) in [6.07, 6.45) is 33.1. The second-order valence-corrected chi connectivity index (χ2v) is 7.47. The molecule has 0 aromatic heterocycles. The summed E-state index contributed by atoms with van der Waals surface area (Å²) in [5, 5.41) is 0. The van der Waals surface area contributed by atoms with E-state index in [1.165, 1.54) is 77.0 Å². The molecule has 0 aromatic rings. The smallest absolute Gasteiger partial charge is 0.159 e. The Morgan fingerprint density at radius 1 is 0.808 bits per heavy atom. The normalized spacial score (nSPS) is 14.0. The highest BCUT2D eigenvalue weighted by Crippen LogP contribution is 2.14. The first-order valence-electron chi connectivity index (χ1n) is 11.0. The summed E-state index contributed by atoms with van der Waals surface area (Å²) in [5.74, 6) is 0.332. The zero-order chi connectivity index (χ0) is 18.7. The number of Topliss-reactive ketones (excluding diaryl/α,β-unsaturated/α-hetero) is 1. The molecule has 0 aliphatic heterocycles. The molecule has 1 nitrogen and oxygen atoms in total. The first-order chi connectivity index (χ1) is 12.8. The number of unbranched alkanes of at least 4 members (excludes halogenated alkanes) is 11. The Morgan fingerprint density at radius 2 is 1.42 bits per heavy atom. The van der Waals surface area contributed by atoms with Crippen molar-refractivity contribution in [3.63, 3.8) is 0 Å². The third-order valence-electron chi connectivity index (χ3n) is 5.02. The van der Waals surface area contributed by atoms with Crippen LogP contribution in [0.15, 0.2) is 48.1 Å². The van der Waals surface area contributed by atoms with Crippen molar-refractivity contribution in [3.05, 3.63) is 48.1 Å². The monoisotopic (exact) mass is 356 g/mol. The average Bonchev–Trinajstić information content (AvgIpc) is 2.94. The lowest BCUT2D eigenvalue weighted by Crippen LogP contribution is -2.01. The van der Waals surface area contributed by atoms with E-state index >= 15 is 0 Å². The van der Waals surface area contributed by atoms with Crippen LogP contribution in [0.4, 0.5) is 0 Å². The maximum atomic E-state index is 12.1. The van der Waals surface area contributed by atoms with Crippen LogP contribution in [-0.4, -0.2) is 5.78 Å². The number of hydrogen-bond acceptors (Lipinski definition) is 1. The van der Waals surface area contributed by atoms with Crippen molar-refractivity contribution in [2.24, 2.45) is 0 Å². The van der Waals surface area contributed by atoms with E-state index < -0.39 is 0 Å². The molecule has 0 saturated carbocycles. The highest BCUT2D eigenvalue weighted by molar-refractivity contribution is 5.95. The first-order valence-corrected chi connectivity index (χ1v) is 11.0. The van der Waals surface area contributed by atoms with E-state index in [1.807, 2.05) is 24.3 Å². The molecule has 0 fully saturated rings. The van der Waals surface area contributed by atoms with E-state index in [-0.39, 0.29) is 0 Å². The largest absolute Gasteiger partial charge is 0.295 e. The van der Waals surface area contributed by atoms with E-state index in [4.69, 9.17) is 0 Å². The van der Waals surface area contributed by atoms with Crippen LogP contribution < -0.4 is 0 Å². The van der Waals surface area contributed by atoms with Crippen LogP contribution in [-0.2, 0) is 4.79 Å². The van der Waals surface area contributed by atoms with Crippen molar-refractivity contribution in [1.29, 1.82) is 0 Å². The van der Waals surface area contributed by atoms with Crippen LogP contribution in [0.2, 0.25) is 0 Å². The van der Waals surface area contributed by atoms with Gasteiger partial charge in [0, 0.05) is 6.42 Å². The maximum absolute atomic E-state index is 12.1. The van der Waals surface area contributed by atoms with E-state index in [0.717, 1.165) is 18.4 Å². The molecule has 0 aromatic carbocycles. The van der Waals surface area contributed by atoms with Gasteiger partial charge in [-0.1, -0.05) is 101 Å². The fourth-order valence-corrected chi connectivity index (χ4v) is 3.30. The van der Waals surface area contributed by atoms with Crippen molar-refractivity contribution in [3.8, 4) is 0 Å². The number of carbonyl (C=O) groups excluding carboxylic acids is 1. The molecule has 1 aliphatic rings. The molecule has 0 bridgehead atoms. The van der Waals surface area contributed by atoms with Gasteiger partial charge in [-0.25, -0.2) is 0 Å². The molecular formula is C25H40O. The van der Waals surface area contributed by atoms with Crippen LogP contribution in [0.25, 0.3) is 0 Å². The Bertz CT molecular complexity index is 465. The molecule has 0 saturated heterocycles. The minimum absolute atomic E-state index is 0.332. The summed E-state index contributed by atoms with van der Waals surface area (Å²) in [5.41, 5.74) is 0.963. The van der Waals surface area contributed by atoms with E-state index in [2.05, 4.69) is 25.2 Å². The first kappa shape index (κ1) is 22.7. The standard InChI is InChI=1S/C25H40O/c1-2-3-4-5-6-7-8-9-10-11-12-13-14-15-20-23-25(26)24-21-18-16-17-19-22-24/h9-10,16-19,21H,2-8,11-15,20,22-23H2,1H3/b10-9-. The highest BCUT2D eigenvalue weighted by Gasteiger charge is 2.07. The molecule has 1 heteroatoms. The van der Waals surface area contributed by atoms with Gasteiger partial charge in [-0.15, -0.1) is 0 Å². The molecule has 0 spiro atoms.